The zero-order valence-corrected chi connectivity index (χ0v) is 24.0. The molecule has 1 saturated heterocycles. The lowest BCUT2D eigenvalue weighted by Gasteiger charge is -2.28. The highest BCUT2D eigenvalue weighted by atomic mass is 35.5. The van der Waals surface area contributed by atoms with E-state index in [-0.39, 0.29) is 12.1 Å². The van der Waals surface area contributed by atoms with E-state index in [1.165, 1.54) is 6.20 Å². The number of benzene rings is 3. The Morgan fingerprint density at radius 3 is 2.69 bits per heavy atom. The highest BCUT2D eigenvalue weighted by Crippen LogP contribution is 2.36. The lowest BCUT2D eigenvalue weighted by molar-refractivity contribution is 0.0800. The lowest BCUT2D eigenvalue weighted by atomic mass is 10.0. The van der Waals surface area contributed by atoms with Crippen LogP contribution in [0.5, 0.6) is 0 Å². The summed E-state index contributed by atoms with van der Waals surface area (Å²) in [5.41, 5.74) is 5.06. The van der Waals surface area contributed by atoms with Crippen LogP contribution in [0, 0.1) is 11.3 Å². The van der Waals surface area contributed by atoms with Gasteiger partial charge in [0.1, 0.15) is 11.8 Å². The molecule has 6 rings (SSSR count). The van der Waals surface area contributed by atoms with Crippen LogP contribution >= 0.6 is 23.2 Å². The molecule has 2 aromatic heterocycles. The van der Waals surface area contributed by atoms with Gasteiger partial charge in [-0.2, -0.15) is 5.26 Å². The van der Waals surface area contributed by atoms with Crippen molar-refractivity contribution in [1.82, 2.24) is 25.3 Å². The minimum atomic E-state index is -0.545. The molecule has 0 aliphatic carbocycles. The summed E-state index contributed by atoms with van der Waals surface area (Å²) in [4.78, 5) is 4.48. The van der Waals surface area contributed by atoms with Crippen molar-refractivity contribution in [3.8, 4) is 6.07 Å². The Labute approximate surface area is 253 Å². The highest BCUT2D eigenvalue weighted by Gasteiger charge is 2.27. The maximum atomic E-state index is 10.5. The third kappa shape index (κ3) is 5.89. The van der Waals surface area contributed by atoms with Crippen molar-refractivity contribution in [3.05, 3.63) is 112 Å². The molecule has 3 heterocycles. The van der Waals surface area contributed by atoms with Gasteiger partial charge >= 0.3 is 0 Å². The maximum Gasteiger partial charge on any atom is 0.109 e. The van der Waals surface area contributed by atoms with Crippen LogP contribution in [0.15, 0.2) is 79.1 Å². The van der Waals surface area contributed by atoms with Gasteiger partial charge in [-0.3, -0.25) is 4.98 Å². The monoisotopic (exact) mass is 598 g/mol. The summed E-state index contributed by atoms with van der Waals surface area (Å²) in [7, 11) is 0. The number of halogens is 2. The van der Waals surface area contributed by atoms with Crippen molar-refractivity contribution in [1.29, 1.82) is 5.26 Å². The van der Waals surface area contributed by atoms with E-state index in [1.54, 1.807) is 4.68 Å². The number of aliphatic hydroxyl groups excluding tert-OH is 1. The summed E-state index contributed by atoms with van der Waals surface area (Å²) in [5.74, 6) is 0. The minimum absolute atomic E-state index is 0.149. The molecule has 9 nitrogen and oxygen atoms in total. The number of hydrogen-bond acceptors (Lipinski definition) is 8. The molecule has 42 heavy (non-hydrogen) atoms. The van der Waals surface area contributed by atoms with E-state index >= 15 is 0 Å². The number of nitrogens with one attached hydrogen (secondary N) is 3. The molecule has 212 valence electrons. The van der Waals surface area contributed by atoms with Gasteiger partial charge in [-0.15, -0.1) is 5.10 Å². The summed E-state index contributed by atoms with van der Waals surface area (Å²) in [6.45, 7) is 1.81. The quantitative estimate of drug-likeness (QED) is 0.179. The van der Waals surface area contributed by atoms with Crippen LogP contribution in [-0.2, 0) is 6.54 Å². The fourth-order valence-corrected chi connectivity index (χ4v) is 5.67. The van der Waals surface area contributed by atoms with Crippen LogP contribution in [0.3, 0.4) is 0 Å². The first-order valence-electron chi connectivity index (χ1n) is 13.6. The zero-order chi connectivity index (χ0) is 29.1. The summed E-state index contributed by atoms with van der Waals surface area (Å²) in [6.07, 6.45) is 3.64. The molecule has 0 bridgehead atoms. The number of pyridine rings is 1. The number of anilines is 2. The predicted molar refractivity (Wildman–Crippen MR) is 165 cm³/mol. The molecule has 1 aliphatic heterocycles. The molecule has 0 radical (unpaired) electrons. The van der Waals surface area contributed by atoms with Gasteiger partial charge in [-0.1, -0.05) is 70.9 Å². The standard InChI is InChI=1S/C31H28Cl2N8O/c32-22-8-6-19(7-9-22)15-36-29-21(14-34)16-37-31-24(29)12-23(13-25(31)33)38-30(20-4-2-1-3-5-20)26-18-41(40-39-26)27-10-11-35-17-28(27)42/h1-9,12-13,16,18,27-28,30,35,38,42H,10-11,15,17H2,(H,36,37)/t27?,28-,30+/m1/s1. The number of rotatable bonds is 8. The van der Waals surface area contributed by atoms with Crippen LogP contribution < -0.4 is 16.0 Å². The van der Waals surface area contributed by atoms with Crippen LogP contribution in [-0.4, -0.2) is 44.3 Å². The van der Waals surface area contributed by atoms with Crippen molar-refractivity contribution in [3.63, 3.8) is 0 Å². The fraction of sp³-hybridized carbons (Fsp3) is 0.226. The zero-order valence-electron chi connectivity index (χ0n) is 22.5. The van der Waals surface area contributed by atoms with Crippen molar-refractivity contribution < 1.29 is 5.11 Å². The molecule has 0 amide bonds. The Kier molecular flexibility index (Phi) is 8.22. The van der Waals surface area contributed by atoms with Gasteiger partial charge in [0.15, 0.2) is 0 Å². The molecule has 3 aromatic carbocycles. The first-order valence-corrected chi connectivity index (χ1v) is 14.4. The van der Waals surface area contributed by atoms with Crippen LogP contribution in [0.2, 0.25) is 10.0 Å². The van der Waals surface area contributed by atoms with E-state index in [0.29, 0.717) is 51.0 Å². The van der Waals surface area contributed by atoms with E-state index in [1.807, 2.05) is 72.9 Å². The van der Waals surface area contributed by atoms with Crippen molar-refractivity contribution in [2.75, 3.05) is 23.7 Å². The third-order valence-electron chi connectivity index (χ3n) is 7.45. The SMILES string of the molecule is N#Cc1cnc2c(Cl)cc(N[C@@H](c3ccccc3)c3cn(C4CCNC[C@H]4O)nn3)cc2c1NCc1ccc(Cl)cc1. The normalized spacial score (nSPS) is 17.5. The van der Waals surface area contributed by atoms with Gasteiger partial charge in [0.25, 0.3) is 0 Å². The van der Waals surface area contributed by atoms with E-state index in [4.69, 9.17) is 23.2 Å². The Morgan fingerprint density at radius 2 is 1.93 bits per heavy atom. The van der Waals surface area contributed by atoms with Gasteiger partial charge in [0, 0.05) is 35.4 Å². The second-order valence-electron chi connectivity index (χ2n) is 10.2. The molecule has 3 atom stereocenters. The molecule has 1 aliphatic rings. The molecule has 5 aromatic rings. The number of aliphatic hydroxyl groups is 1. The fourth-order valence-electron chi connectivity index (χ4n) is 5.27. The first kappa shape index (κ1) is 27.9. The Hall–Kier alpha value is -4.20. The van der Waals surface area contributed by atoms with Gasteiger partial charge in [-0.05, 0) is 48.4 Å². The van der Waals surface area contributed by atoms with E-state index in [0.717, 1.165) is 29.8 Å². The third-order valence-corrected chi connectivity index (χ3v) is 7.99. The molecular formula is C31H28Cl2N8O. The average Bonchev–Trinajstić information content (AvgIpc) is 3.50. The lowest BCUT2D eigenvalue weighted by Crippen LogP contribution is -2.41. The van der Waals surface area contributed by atoms with Gasteiger partial charge in [0.2, 0.25) is 0 Å². The largest absolute Gasteiger partial charge is 0.390 e. The van der Waals surface area contributed by atoms with E-state index in [2.05, 4.69) is 37.3 Å². The number of piperidine rings is 1. The number of nitrogens with zero attached hydrogens (tertiary/aromatic N) is 5. The van der Waals surface area contributed by atoms with Gasteiger partial charge in [0.05, 0.1) is 46.2 Å². The van der Waals surface area contributed by atoms with E-state index in [9.17, 15) is 10.4 Å². The average molecular weight is 600 g/mol. The topological polar surface area (TPSA) is 124 Å². The molecule has 4 N–H and O–H groups in total. The van der Waals surface area contributed by atoms with Crippen molar-refractivity contribution in [2.45, 2.75) is 31.2 Å². The molecule has 0 saturated carbocycles. The van der Waals surface area contributed by atoms with Crippen LogP contribution in [0.1, 0.15) is 40.9 Å². The second kappa shape index (κ2) is 12.3. The number of hydrogen-bond donors (Lipinski definition) is 4. The predicted octanol–water partition coefficient (Wildman–Crippen LogP) is 5.71. The maximum absolute atomic E-state index is 10.5. The minimum Gasteiger partial charge on any atom is -0.390 e. The van der Waals surface area contributed by atoms with Crippen LogP contribution in [0.4, 0.5) is 11.4 Å². The number of aromatic nitrogens is 4. The number of β-amino-alcohol motifs (C(OH)–C–C–N with tert-alkyl or cyclic N) is 1. The molecule has 1 fully saturated rings. The van der Waals surface area contributed by atoms with E-state index < -0.39 is 6.10 Å². The number of nitriles is 1. The van der Waals surface area contributed by atoms with Gasteiger partial charge in [-0.25, -0.2) is 4.68 Å². The van der Waals surface area contributed by atoms with Crippen molar-refractivity contribution in [2.24, 2.45) is 0 Å². The Balaban J connectivity index is 1.36. The Bertz CT molecular complexity index is 1740. The van der Waals surface area contributed by atoms with Gasteiger partial charge < -0.3 is 21.1 Å². The van der Waals surface area contributed by atoms with Crippen molar-refractivity contribution >= 4 is 45.5 Å². The number of fused-ring (bicyclic) bond motifs is 1. The summed E-state index contributed by atoms with van der Waals surface area (Å²) >= 11 is 12.8. The molecular weight excluding hydrogens is 571 g/mol. The summed E-state index contributed by atoms with van der Waals surface area (Å²) in [6, 6.07) is 23.0. The second-order valence-corrected chi connectivity index (χ2v) is 11.1. The molecule has 0 spiro atoms. The summed E-state index contributed by atoms with van der Waals surface area (Å²) in [5, 5.41) is 41.3. The smallest absolute Gasteiger partial charge is 0.109 e. The highest BCUT2D eigenvalue weighted by molar-refractivity contribution is 6.36. The first-order chi connectivity index (χ1) is 20.5. The Morgan fingerprint density at radius 1 is 1.12 bits per heavy atom. The molecule has 11 heteroatoms. The van der Waals surface area contributed by atoms with Crippen LogP contribution in [0.25, 0.3) is 10.9 Å². The summed E-state index contributed by atoms with van der Waals surface area (Å²) < 4.78 is 1.76. The molecule has 1 unspecified atom stereocenters.